The van der Waals surface area contributed by atoms with Crippen LogP contribution in [0, 0.1) is 0 Å². The molecule has 1 aromatic rings. The van der Waals surface area contributed by atoms with Crippen molar-refractivity contribution in [1.82, 2.24) is 10.2 Å². The van der Waals surface area contributed by atoms with Crippen LogP contribution in [-0.4, -0.2) is 51.1 Å². The fraction of sp³-hybridized carbons (Fsp3) is 0.450. The Morgan fingerprint density at radius 2 is 1.54 bits per heavy atom. The van der Waals surface area contributed by atoms with Gasteiger partial charge in [-0.15, -0.1) is 0 Å². The lowest BCUT2D eigenvalue weighted by Crippen LogP contribution is -2.62. The number of benzene rings is 1. The molecule has 8 heteroatoms. The Kier molecular flexibility index (Phi) is 4.22. The maximum Gasteiger partial charge on any atom is 0.340 e. The van der Waals surface area contributed by atoms with Gasteiger partial charge in [-0.05, 0) is 53.7 Å². The van der Waals surface area contributed by atoms with Crippen LogP contribution in [0.15, 0.2) is 29.3 Å². The van der Waals surface area contributed by atoms with E-state index in [1.54, 1.807) is 52.0 Å². The zero-order valence-electron chi connectivity index (χ0n) is 16.7. The maximum absolute atomic E-state index is 13.1. The van der Waals surface area contributed by atoms with Gasteiger partial charge in [-0.1, -0.05) is 12.1 Å². The molecule has 148 valence electrons. The molecule has 8 nitrogen and oxygen atoms in total. The minimum atomic E-state index is -1.47. The molecule has 1 aromatic carbocycles. The monoisotopic (exact) mass is 385 g/mol. The lowest BCUT2D eigenvalue weighted by atomic mass is 9.97. The molecular weight excluding hydrogens is 362 g/mol. The number of esters is 1. The predicted molar refractivity (Wildman–Crippen MR) is 101 cm³/mol. The van der Waals surface area contributed by atoms with E-state index in [2.05, 4.69) is 10.3 Å². The van der Waals surface area contributed by atoms with Crippen molar-refractivity contribution in [2.75, 3.05) is 0 Å². The molecule has 0 aliphatic carbocycles. The van der Waals surface area contributed by atoms with Crippen LogP contribution in [0.1, 0.15) is 62.3 Å². The smallest absolute Gasteiger partial charge is 0.340 e. The molecule has 0 saturated heterocycles. The van der Waals surface area contributed by atoms with Crippen molar-refractivity contribution in [1.29, 1.82) is 0 Å². The van der Waals surface area contributed by atoms with Gasteiger partial charge >= 0.3 is 5.97 Å². The minimum Gasteiger partial charge on any atom is -0.407 e. The number of carbonyl (C=O) groups excluding carboxylic acids is 4. The molecule has 0 fully saturated rings. The number of amides is 3. The summed E-state index contributed by atoms with van der Waals surface area (Å²) < 4.78 is 5.22. The van der Waals surface area contributed by atoms with Gasteiger partial charge in [0.2, 0.25) is 11.8 Å². The second kappa shape index (κ2) is 5.98. The molecule has 2 heterocycles. The van der Waals surface area contributed by atoms with Crippen molar-refractivity contribution >= 4 is 29.6 Å². The first kappa shape index (κ1) is 19.7. The third-order valence-corrected chi connectivity index (χ3v) is 4.94. The molecule has 2 aliphatic heterocycles. The molecule has 1 N–H and O–H groups in total. The zero-order valence-corrected chi connectivity index (χ0v) is 16.7. The van der Waals surface area contributed by atoms with Crippen molar-refractivity contribution in [3.63, 3.8) is 0 Å². The van der Waals surface area contributed by atoms with Crippen LogP contribution in [-0.2, 0) is 14.3 Å². The quantitative estimate of drug-likeness (QED) is 0.627. The van der Waals surface area contributed by atoms with E-state index in [9.17, 15) is 19.2 Å². The van der Waals surface area contributed by atoms with Gasteiger partial charge in [0.1, 0.15) is 11.1 Å². The Morgan fingerprint density at radius 1 is 1.04 bits per heavy atom. The number of rotatable bonds is 4. The average molecular weight is 385 g/mol. The van der Waals surface area contributed by atoms with Crippen molar-refractivity contribution < 1.29 is 23.9 Å². The highest BCUT2D eigenvalue weighted by Gasteiger charge is 2.50. The van der Waals surface area contributed by atoms with Crippen LogP contribution in [0.4, 0.5) is 0 Å². The predicted octanol–water partition coefficient (Wildman–Crippen LogP) is 1.69. The number of nitrogens with one attached hydrogen (secondary N) is 1. The Bertz CT molecular complexity index is 908. The summed E-state index contributed by atoms with van der Waals surface area (Å²) in [7, 11) is 0. The summed E-state index contributed by atoms with van der Waals surface area (Å²) in [6.07, 6.45) is 0. The van der Waals surface area contributed by atoms with Gasteiger partial charge in [0.05, 0.1) is 11.1 Å². The number of carbonyl (C=O) groups is 4. The van der Waals surface area contributed by atoms with E-state index in [4.69, 9.17) is 4.74 Å². The third kappa shape index (κ3) is 2.89. The summed E-state index contributed by atoms with van der Waals surface area (Å²) in [5.41, 5.74) is -3.08. The SMILES string of the molecule is CC1(C)N=C(C(C)(C)NC(=O)C(C)(C)N2C(=O)c3ccccc3C2=O)OC1=O. The molecule has 0 radical (unpaired) electrons. The topological polar surface area (TPSA) is 105 Å². The highest BCUT2D eigenvalue weighted by atomic mass is 16.6. The summed E-state index contributed by atoms with van der Waals surface area (Å²) in [5.74, 6) is -2.05. The summed E-state index contributed by atoms with van der Waals surface area (Å²) in [6.45, 7) is 9.48. The van der Waals surface area contributed by atoms with E-state index < -0.39 is 40.3 Å². The average Bonchev–Trinajstić information content (AvgIpc) is 3.02. The van der Waals surface area contributed by atoms with Gasteiger partial charge in [-0.25, -0.2) is 9.79 Å². The summed E-state index contributed by atoms with van der Waals surface area (Å²) >= 11 is 0. The molecule has 0 spiro atoms. The highest BCUT2D eigenvalue weighted by Crippen LogP contribution is 2.30. The van der Waals surface area contributed by atoms with Crippen LogP contribution in [0.3, 0.4) is 0 Å². The standard InChI is InChI=1S/C20H23N3O5/c1-18(2,16-22-19(3,4)17(27)28-16)21-15(26)20(5,6)23-13(24)11-9-7-8-10-12(11)14(23)25/h7-10H,1-6H3,(H,21,26). The van der Waals surface area contributed by atoms with Gasteiger partial charge in [0, 0.05) is 0 Å². The van der Waals surface area contributed by atoms with Crippen LogP contribution >= 0.6 is 0 Å². The largest absolute Gasteiger partial charge is 0.407 e. The molecular formula is C20H23N3O5. The van der Waals surface area contributed by atoms with Gasteiger partial charge in [0.15, 0.2) is 5.54 Å². The Morgan fingerprint density at radius 3 is 1.96 bits per heavy atom. The van der Waals surface area contributed by atoms with Gasteiger partial charge < -0.3 is 10.1 Å². The molecule has 3 rings (SSSR count). The zero-order chi connectivity index (χ0) is 21.1. The third-order valence-electron chi connectivity index (χ3n) is 4.94. The molecule has 3 amide bonds. The first-order valence-electron chi connectivity index (χ1n) is 8.92. The molecule has 0 bridgehead atoms. The Hall–Kier alpha value is -3.03. The molecule has 0 aromatic heterocycles. The Labute approximate surface area is 162 Å². The number of ether oxygens (including phenoxy) is 1. The van der Waals surface area contributed by atoms with E-state index in [-0.39, 0.29) is 17.0 Å². The van der Waals surface area contributed by atoms with E-state index in [0.717, 1.165) is 4.90 Å². The second-order valence-corrected chi connectivity index (χ2v) is 8.49. The van der Waals surface area contributed by atoms with Gasteiger partial charge in [-0.3, -0.25) is 19.3 Å². The highest BCUT2D eigenvalue weighted by molar-refractivity contribution is 6.23. The maximum atomic E-state index is 13.1. The van der Waals surface area contributed by atoms with Crippen LogP contribution in [0.5, 0.6) is 0 Å². The van der Waals surface area contributed by atoms with Crippen LogP contribution in [0.25, 0.3) is 0 Å². The lowest BCUT2D eigenvalue weighted by Gasteiger charge is -2.35. The number of aliphatic imine (C=N–C) groups is 1. The first-order chi connectivity index (χ1) is 12.8. The molecule has 0 saturated carbocycles. The minimum absolute atomic E-state index is 0.0778. The Balaban J connectivity index is 1.86. The number of cyclic esters (lactones) is 1. The number of nitrogens with zero attached hydrogens (tertiary/aromatic N) is 2. The fourth-order valence-corrected chi connectivity index (χ4v) is 3.09. The fourth-order valence-electron chi connectivity index (χ4n) is 3.09. The number of hydrogen-bond acceptors (Lipinski definition) is 6. The summed E-state index contributed by atoms with van der Waals surface area (Å²) in [6, 6.07) is 6.45. The van der Waals surface area contributed by atoms with E-state index in [0.29, 0.717) is 0 Å². The van der Waals surface area contributed by atoms with Crippen molar-refractivity contribution in [3.8, 4) is 0 Å². The first-order valence-corrected chi connectivity index (χ1v) is 8.92. The molecule has 2 aliphatic rings. The van der Waals surface area contributed by atoms with Crippen molar-refractivity contribution in [2.45, 2.75) is 58.2 Å². The van der Waals surface area contributed by atoms with Gasteiger partial charge in [-0.2, -0.15) is 0 Å². The van der Waals surface area contributed by atoms with Crippen LogP contribution in [0.2, 0.25) is 0 Å². The number of hydrogen-bond donors (Lipinski definition) is 1. The summed E-state index contributed by atoms with van der Waals surface area (Å²) in [4.78, 5) is 55.7. The van der Waals surface area contributed by atoms with E-state index >= 15 is 0 Å². The van der Waals surface area contributed by atoms with E-state index in [1.165, 1.54) is 13.8 Å². The summed E-state index contributed by atoms with van der Waals surface area (Å²) in [5, 5.41) is 2.75. The van der Waals surface area contributed by atoms with Crippen molar-refractivity contribution in [3.05, 3.63) is 35.4 Å². The molecule has 0 atom stereocenters. The van der Waals surface area contributed by atoms with Crippen molar-refractivity contribution in [2.24, 2.45) is 4.99 Å². The molecule has 0 unspecified atom stereocenters. The second-order valence-electron chi connectivity index (χ2n) is 8.49. The number of fused-ring (bicyclic) bond motifs is 1. The molecule has 28 heavy (non-hydrogen) atoms. The van der Waals surface area contributed by atoms with E-state index in [1.807, 2.05) is 0 Å². The lowest BCUT2D eigenvalue weighted by molar-refractivity contribution is -0.138. The number of imide groups is 1. The van der Waals surface area contributed by atoms with Gasteiger partial charge in [0.25, 0.3) is 11.8 Å². The normalized spacial score (nSPS) is 18.7. The van der Waals surface area contributed by atoms with Crippen LogP contribution < -0.4 is 5.32 Å².